The van der Waals surface area contributed by atoms with Crippen molar-refractivity contribution in [2.45, 2.75) is 33.1 Å². The van der Waals surface area contributed by atoms with E-state index in [0.29, 0.717) is 0 Å². The van der Waals surface area contributed by atoms with Crippen molar-refractivity contribution in [3.63, 3.8) is 0 Å². The number of fused-ring (bicyclic) bond motifs is 1. The Morgan fingerprint density at radius 1 is 0.957 bits per heavy atom. The zero-order valence-electron chi connectivity index (χ0n) is 14.0. The zero-order valence-corrected chi connectivity index (χ0v) is 17.0. The molecule has 3 aromatic rings. The van der Waals surface area contributed by atoms with Gasteiger partial charge in [0.15, 0.2) is 0 Å². The van der Waals surface area contributed by atoms with Crippen LogP contribution >= 0.6 is 18.6 Å². The van der Waals surface area contributed by atoms with Crippen LogP contribution in [0.4, 0.5) is 0 Å². The number of rotatable bonds is 1. The molecule has 0 bridgehead atoms. The van der Waals surface area contributed by atoms with E-state index in [9.17, 15) is 0 Å². The van der Waals surface area contributed by atoms with E-state index in [4.69, 9.17) is 18.6 Å². The van der Waals surface area contributed by atoms with Gasteiger partial charge in [0.25, 0.3) is 0 Å². The van der Waals surface area contributed by atoms with Gasteiger partial charge in [0.1, 0.15) is 0 Å². The molecule has 3 heteroatoms. The van der Waals surface area contributed by atoms with Crippen LogP contribution in [0.3, 0.4) is 0 Å². The third kappa shape index (κ3) is 4.67. The molecule has 0 fully saturated rings. The maximum absolute atomic E-state index is 4.89. The molecule has 23 heavy (non-hydrogen) atoms. The summed E-state index contributed by atoms with van der Waals surface area (Å²) >= 11 is -0.556. The predicted octanol–water partition coefficient (Wildman–Crippen LogP) is 7.21. The van der Waals surface area contributed by atoms with Gasteiger partial charge >= 0.3 is 35.6 Å². The molecule has 0 aliphatic rings. The molecular weight excluding hydrogens is 359 g/mol. The first kappa shape index (κ1) is 18.7. The zero-order chi connectivity index (χ0) is 17.0. The van der Waals surface area contributed by atoms with E-state index >= 15 is 0 Å². The Labute approximate surface area is 155 Å². The summed E-state index contributed by atoms with van der Waals surface area (Å²) in [6.07, 6.45) is 0. The van der Waals surface area contributed by atoms with E-state index < -0.39 is 17.0 Å². The van der Waals surface area contributed by atoms with Crippen LogP contribution in [-0.4, -0.2) is 0 Å². The average molecular weight is 380 g/mol. The quantitative estimate of drug-likeness (QED) is 0.309. The fourth-order valence-corrected chi connectivity index (χ4v) is 2.79. The topological polar surface area (TPSA) is 0 Å². The molecule has 0 unspecified atom stereocenters. The maximum atomic E-state index is 4.89. The summed E-state index contributed by atoms with van der Waals surface area (Å²) in [5, 5.41) is 2.69. The van der Waals surface area contributed by atoms with E-state index in [1.165, 1.54) is 33.0 Å². The summed E-state index contributed by atoms with van der Waals surface area (Å²) in [5.74, 6) is 0. The first-order valence-electron chi connectivity index (χ1n) is 7.60. The molecule has 0 saturated heterocycles. The van der Waals surface area contributed by atoms with Crippen LogP contribution in [0.1, 0.15) is 31.9 Å². The second-order valence-electron chi connectivity index (χ2n) is 6.74. The van der Waals surface area contributed by atoms with Crippen molar-refractivity contribution >= 4 is 29.4 Å². The molecule has 0 heterocycles. The standard InChI is InChI=1S/C20H21.2ClH.Ti/c1-14-12-16-6-5-7-18(19(16)13-14)15-8-10-17(11-9-15)20(2,3)4;;;/h5-13H,1-4H3;2*1H;/q-1;;;+2/p-2. The molecule has 0 aromatic heterocycles. The van der Waals surface area contributed by atoms with Gasteiger partial charge in [-0.25, -0.2) is 0 Å². The van der Waals surface area contributed by atoms with Crippen molar-refractivity contribution in [3.05, 3.63) is 65.7 Å². The second-order valence-corrected chi connectivity index (χ2v) is 9.32. The van der Waals surface area contributed by atoms with Gasteiger partial charge in [0.2, 0.25) is 0 Å². The van der Waals surface area contributed by atoms with Crippen LogP contribution in [0.2, 0.25) is 0 Å². The summed E-state index contributed by atoms with van der Waals surface area (Å²) < 4.78 is 0. The van der Waals surface area contributed by atoms with Gasteiger partial charge < -0.3 is 0 Å². The van der Waals surface area contributed by atoms with Crippen LogP contribution in [0, 0.1) is 6.92 Å². The van der Waals surface area contributed by atoms with Crippen LogP contribution in [-0.2, 0) is 22.4 Å². The molecule has 3 rings (SSSR count). The van der Waals surface area contributed by atoms with Crippen molar-refractivity contribution in [3.8, 4) is 11.1 Å². The number of aryl methyl sites for hydroxylation is 1. The van der Waals surface area contributed by atoms with E-state index in [2.05, 4.69) is 82.3 Å². The van der Waals surface area contributed by atoms with Gasteiger partial charge in [-0.1, -0.05) is 63.6 Å². The summed E-state index contributed by atoms with van der Waals surface area (Å²) in [7, 11) is 9.78. The number of hydrogen-bond acceptors (Lipinski definition) is 0. The Kier molecular flexibility index (Phi) is 6.45. The molecule has 120 valence electrons. The third-order valence-corrected chi connectivity index (χ3v) is 3.96. The molecule has 3 aromatic carbocycles. The molecule has 0 aliphatic carbocycles. The molecule has 0 aliphatic heterocycles. The monoisotopic (exact) mass is 379 g/mol. The molecule has 0 saturated carbocycles. The SMILES string of the molecule is Cc1cc2c(-c3ccc(C(C)(C)C)cc3)cccc2[cH-]1.[Cl][Ti][Cl]. The van der Waals surface area contributed by atoms with Gasteiger partial charge in [-0.2, -0.15) is 6.07 Å². The molecule has 0 spiro atoms. The molecular formula is C20H21Cl2Ti-. The van der Waals surface area contributed by atoms with Crippen molar-refractivity contribution in [1.29, 1.82) is 0 Å². The average Bonchev–Trinajstić information content (AvgIpc) is 2.87. The van der Waals surface area contributed by atoms with Gasteiger partial charge in [0, 0.05) is 0 Å². The normalized spacial score (nSPS) is 11.0. The molecule has 0 radical (unpaired) electrons. The Balaban J connectivity index is 0.000000595. The number of hydrogen-bond donors (Lipinski definition) is 0. The Hall–Kier alpha value is -0.656. The fraction of sp³-hybridized carbons (Fsp3) is 0.250. The Morgan fingerprint density at radius 3 is 2.13 bits per heavy atom. The van der Waals surface area contributed by atoms with Crippen LogP contribution in [0.15, 0.2) is 54.6 Å². The van der Waals surface area contributed by atoms with Crippen molar-refractivity contribution in [2.24, 2.45) is 0 Å². The summed E-state index contributed by atoms with van der Waals surface area (Å²) in [6.45, 7) is 8.92. The first-order chi connectivity index (χ1) is 10.9. The van der Waals surface area contributed by atoms with Gasteiger partial charge in [-0.15, -0.1) is 34.5 Å². The van der Waals surface area contributed by atoms with E-state index in [1.807, 2.05) is 0 Å². The van der Waals surface area contributed by atoms with Crippen molar-refractivity contribution in [1.82, 2.24) is 0 Å². The van der Waals surface area contributed by atoms with Crippen LogP contribution in [0.25, 0.3) is 21.9 Å². The van der Waals surface area contributed by atoms with E-state index in [-0.39, 0.29) is 5.41 Å². The number of benzene rings is 2. The van der Waals surface area contributed by atoms with Gasteiger partial charge in [-0.3, -0.25) is 0 Å². The Bertz CT molecular complexity index is 764. The van der Waals surface area contributed by atoms with E-state index in [1.54, 1.807) is 0 Å². The van der Waals surface area contributed by atoms with Gasteiger partial charge in [-0.05, 0) is 16.5 Å². The van der Waals surface area contributed by atoms with Gasteiger partial charge in [0.05, 0.1) is 0 Å². The molecule has 0 atom stereocenters. The summed E-state index contributed by atoms with van der Waals surface area (Å²) in [5.41, 5.74) is 5.55. The van der Waals surface area contributed by atoms with Crippen molar-refractivity contribution < 1.29 is 17.0 Å². The first-order valence-corrected chi connectivity index (χ1v) is 11.9. The second kappa shape index (κ2) is 7.95. The van der Waals surface area contributed by atoms with E-state index in [0.717, 1.165) is 0 Å². The third-order valence-electron chi connectivity index (χ3n) is 3.96. The fourth-order valence-electron chi connectivity index (χ4n) is 2.79. The Morgan fingerprint density at radius 2 is 1.57 bits per heavy atom. The van der Waals surface area contributed by atoms with Crippen molar-refractivity contribution in [2.75, 3.05) is 0 Å². The minimum atomic E-state index is -0.556. The van der Waals surface area contributed by atoms with Crippen LogP contribution < -0.4 is 0 Å². The summed E-state index contributed by atoms with van der Waals surface area (Å²) in [4.78, 5) is 0. The van der Waals surface area contributed by atoms with Crippen LogP contribution in [0.5, 0.6) is 0 Å². The molecule has 0 N–H and O–H groups in total. The molecule has 0 amide bonds. The minimum absolute atomic E-state index is 0.210. The molecule has 0 nitrogen and oxygen atoms in total. The predicted molar refractivity (Wildman–Crippen MR) is 100 cm³/mol. The summed E-state index contributed by atoms with van der Waals surface area (Å²) in [6, 6.07) is 20.1. The number of halogens is 2.